The third-order valence-electron chi connectivity index (χ3n) is 2.60. The van der Waals surface area contributed by atoms with Crippen molar-refractivity contribution in [3.05, 3.63) is 29.3 Å². The first-order chi connectivity index (χ1) is 8.87. The first-order valence-corrected chi connectivity index (χ1v) is 7.48. The number of rotatable bonds is 6. The molecule has 0 fully saturated rings. The highest BCUT2D eigenvalue weighted by atomic mass is 35.5. The van der Waals surface area contributed by atoms with Gasteiger partial charge in [-0.1, -0.05) is 11.6 Å². The van der Waals surface area contributed by atoms with Gasteiger partial charge in [-0.25, -0.2) is 12.7 Å². The smallest absolute Gasteiger partial charge is 0.305 e. The minimum atomic E-state index is -3.54. The summed E-state index contributed by atoms with van der Waals surface area (Å²) in [5, 5.41) is 0.479. The van der Waals surface area contributed by atoms with Gasteiger partial charge in [0.05, 0.1) is 12.0 Å². The lowest BCUT2D eigenvalue weighted by Gasteiger charge is -2.16. The van der Waals surface area contributed by atoms with Crippen molar-refractivity contribution in [3.8, 4) is 0 Å². The molecule has 0 saturated heterocycles. The molecule has 0 aliphatic heterocycles. The Hall–Kier alpha value is -1.11. The molecule has 0 unspecified atom stereocenters. The molecule has 0 aliphatic rings. The van der Waals surface area contributed by atoms with E-state index in [0.29, 0.717) is 11.4 Å². The number of carbonyl (C=O) groups is 1. The van der Waals surface area contributed by atoms with E-state index in [2.05, 4.69) is 4.74 Å². The monoisotopic (exact) mass is 305 g/mol. The van der Waals surface area contributed by atoms with Crippen LogP contribution in [0, 0.1) is 0 Å². The Morgan fingerprint density at radius 1 is 1.32 bits per heavy atom. The van der Waals surface area contributed by atoms with Crippen molar-refractivity contribution in [1.29, 1.82) is 0 Å². The van der Waals surface area contributed by atoms with Gasteiger partial charge in [0.25, 0.3) is 0 Å². The topological polar surface area (TPSA) is 63.7 Å². The standard InChI is InChI=1S/C12H16ClNO4S/c1-14(9-3-4-12(15)18-2)19(16,17)11-7-5-10(13)6-8-11/h5-8H,3-4,9H2,1-2H3. The molecule has 0 spiro atoms. The Balaban J connectivity index is 2.67. The van der Waals surface area contributed by atoms with E-state index in [1.807, 2.05) is 0 Å². The van der Waals surface area contributed by atoms with E-state index >= 15 is 0 Å². The van der Waals surface area contributed by atoms with Crippen LogP contribution in [0.15, 0.2) is 29.2 Å². The maximum atomic E-state index is 12.2. The van der Waals surface area contributed by atoms with Crippen LogP contribution in [0.25, 0.3) is 0 Å². The number of ether oxygens (including phenoxy) is 1. The molecule has 1 aromatic carbocycles. The quantitative estimate of drug-likeness (QED) is 0.753. The van der Waals surface area contributed by atoms with Crippen LogP contribution in [0.4, 0.5) is 0 Å². The van der Waals surface area contributed by atoms with E-state index in [-0.39, 0.29) is 23.8 Å². The largest absolute Gasteiger partial charge is 0.469 e. The number of halogens is 1. The van der Waals surface area contributed by atoms with E-state index in [4.69, 9.17) is 11.6 Å². The van der Waals surface area contributed by atoms with Crippen molar-refractivity contribution in [3.63, 3.8) is 0 Å². The molecule has 0 N–H and O–H groups in total. The summed E-state index contributed by atoms with van der Waals surface area (Å²) in [4.78, 5) is 11.1. The number of sulfonamides is 1. The number of hydrogen-bond acceptors (Lipinski definition) is 4. The average Bonchev–Trinajstić information content (AvgIpc) is 2.38. The highest BCUT2D eigenvalue weighted by Gasteiger charge is 2.20. The van der Waals surface area contributed by atoms with Gasteiger partial charge in [-0.15, -0.1) is 0 Å². The van der Waals surface area contributed by atoms with Gasteiger partial charge in [-0.3, -0.25) is 4.79 Å². The fourth-order valence-electron chi connectivity index (χ4n) is 1.45. The second-order valence-corrected chi connectivity index (χ2v) is 6.44. The van der Waals surface area contributed by atoms with Gasteiger partial charge < -0.3 is 4.74 Å². The van der Waals surface area contributed by atoms with Gasteiger partial charge in [0, 0.05) is 25.0 Å². The molecule has 19 heavy (non-hydrogen) atoms. The van der Waals surface area contributed by atoms with Crippen LogP contribution >= 0.6 is 11.6 Å². The number of methoxy groups -OCH3 is 1. The maximum absolute atomic E-state index is 12.2. The van der Waals surface area contributed by atoms with Crippen LogP contribution in [0.3, 0.4) is 0 Å². The summed E-state index contributed by atoms with van der Waals surface area (Å²) in [6.45, 7) is 0.250. The zero-order valence-corrected chi connectivity index (χ0v) is 12.4. The number of esters is 1. The lowest BCUT2D eigenvalue weighted by atomic mass is 10.3. The number of carbonyl (C=O) groups excluding carboxylic acids is 1. The maximum Gasteiger partial charge on any atom is 0.305 e. The molecule has 0 radical (unpaired) electrons. The summed E-state index contributed by atoms with van der Waals surface area (Å²) in [6.07, 6.45) is 0.604. The van der Waals surface area contributed by atoms with Crippen molar-refractivity contribution in [2.75, 3.05) is 20.7 Å². The molecular formula is C12H16ClNO4S. The van der Waals surface area contributed by atoms with Crippen LogP contribution in [-0.2, 0) is 19.6 Å². The van der Waals surface area contributed by atoms with Crippen LogP contribution in [-0.4, -0.2) is 39.4 Å². The summed E-state index contributed by atoms with van der Waals surface area (Å²) in [5.41, 5.74) is 0. The van der Waals surface area contributed by atoms with Crippen molar-refractivity contribution < 1.29 is 17.9 Å². The van der Waals surface area contributed by atoms with Crippen LogP contribution in [0.5, 0.6) is 0 Å². The van der Waals surface area contributed by atoms with Gasteiger partial charge >= 0.3 is 5.97 Å². The van der Waals surface area contributed by atoms with Crippen LogP contribution < -0.4 is 0 Å². The van der Waals surface area contributed by atoms with E-state index < -0.39 is 10.0 Å². The molecular weight excluding hydrogens is 290 g/mol. The lowest BCUT2D eigenvalue weighted by Crippen LogP contribution is -2.28. The molecule has 7 heteroatoms. The van der Waals surface area contributed by atoms with E-state index in [1.54, 1.807) is 0 Å². The van der Waals surface area contributed by atoms with E-state index in [0.717, 1.165) is 0 Å². The highest BCUT2D eigenvalue weighted by Crippen LogP contribution is 2.17. The predicted octanol–water partition coefficient (Wildman–Crippen LogP) is 1.91. The fourth-order valence-corrected chi connectivity index (χ4v) is 2.79. The second-order valence-electron chi connectivity index (χ2n) is 3.96. The number of nitrogens with zero attached hydrogens (tertiary/aromatic N) is 1. The molecule has 0 aromatic heterocycles. The summed E-state index contributed by atoms with van der Waals surface area (Å²) in [6, 6.07) is 5.95. The summed E-state index contributed by atoms with van der Waals surface area (Å²) >= 11 is 5.72. The molecule has 0 heterocycles. The predicted molar refractivity (Wildman–Crippen MR) is 72.5 cm³/mol. The first kappa shape index (κ1) is 15.9. The average molecular weight is 306 g/mol. The Kier molecular flexibility index (Phi) is 5.78. The van der Waals surface area contributed by atoms with Gasteiger partial charge in [0.1, 0.15) is 0 Å². The van der Waals surface area contributed by atoms with Gasteiger partial charge in [0.15, 0.2) is 0 Å². The summed E-state index contributed by atoms with van der Waals surface area (Å²) in [7, 11) is -0.762. The molecule has 0 saturated carbocycles. The Morgan fingerprint density at radius 3 is 2.42 bits per heavy atom. The Bertz CT molecular complexity index is 527. The minimum absolute atomic E-state index is 0.178. The molecule has 0 bridgehead atoms. The van der Waals surface area contributed by atoms with Crippen molar-refractivity contribution in [1.82, 2.24) is 4.31 Å². The number of benzene rings is 1. The summed E-state index contributed by atoms with van der Waals surface area (Å²) < 4.78 is 30.0. The molecule has 1 rings (SSSR count). The Labute approximate surface area is 118 Å². The molecule has 0 atom stereocenters. The SMILES string of the molecule is COC(=O)CCCN(C)S(=O)(=O)c1ccc(Cl)cc1. The van der Waals surface area contributed by atoms with Gasteiger partial charge in [-0.2, -0.15) is 0 Å². The number of hydrogen-bond donors (Lipinski definition) is 0. The zero-order chi connectivity index (χ0) is 14.5. The van der Waals surface area contributed by atoms with Crippen molar-refractivity contribution in [2.24, 2.45) is 0 Å². The molecule has 106 valence electrons. The normalized spacial score (nSPS) is 11.6. The minimum Gasteiger partial charge on any atom is -0.469 e. The molecule has 5 nitrogen and oxygen atoms in total. The van der Waals surface area contributed by atoms with E-state index in [9.17, 15) is 13.2 Å². The molecule has 1 aromatic rings. The first-order valence-electron chi connectivity index (χ1n) is 5.66. The Morgan fingerprint density at radius 2 is 1.89 bits per heavy atom. The lowest BCUT2D eigenvalue weighted by molar-refractivity contribution is -0.140. The van der Waals surface area contributed by atoms with Crippen LogP contribution in [0.2, 0.25) is 5.02 Å². The van der Waals surface area contributed by atoms with Gasteiger partial charge in [-0.05, 0) is 30.7 Å². The molecule has 0 aliphatic carbocycles. The zero-order valence-electron chi connectivity index (χ0n) is 10.8. The second kappa shape index (κ2) is 6.88. The van der Waals surface area contributed by atoms with Gasteiger partial charge in [0.2, 0.25) is 10.0 Å². The molecule has 0 amide bonds. The van der Waals surface area contributed by atoms with Crippen molar-refractivity contribution >= 4 is 27.6 Å². The third kappa shape index (κ3) is 4.49. The third-order valence-corrected chi connectivity index (χ3v) is 4.73. The highest BCUT2D eigenvalue weighted by molar-refractivity contribution is 7.89. The van der Waals surface area contributed by atoms with Crippen LogP contribution in [0.1, 0.15) is 12.8 Å². The van der Waals surface area contributed by atoms with Crippen molar-refractivity contribution in [2.45, 2.75) is 17.7 Å². The fraction of sp³-hybridized carbons (Fsp3) is 0.417. The van der Waals surface area contributed by atoms with E-state index in [1.165, 1.54) is 42.7 Å². The summed E-state index contributed by atoms with van der Waals surface area (Å²) in [5.74, 6) is -0.350.